The normalized spacial score (nSPS) is 10.9. The Bertz CT molecular complexity index is 346. The zero-order valence-corrected chi connectivity index (χ0v) is 12.6. The highest BCUT2D eigenvalue weighted by Crippen LogP contribution is 2.14. The third-order valence-corrected chi connectivity index (χ3v) is 4.81. The summed E-state index contributed by atoms with van der Waals surface area (Å²) < 4.78 is 0. The van der Waals surface area contributed by atoms with Crippen LogP contribution in [-0.2, 0) is 12.8 Å². The van der Waals surface area contributed by atoms with Crippen molar-refractivity contribution in [2.75, 3.05) is 0 Å². The summed E-state index contributed by atoms with van der Waals surface area (Å²) in [7, 11) is 0. The standard InChI is InChI=1S/C16H22S2/c1(3-5-7-15-9-11-17-13-15)2-4-6-8-16-10-12-18-14-16/h9-14H,1-8H2. The molecule has 0 fully saturated rings. The zero-order chi connectivity index (χ0) is 12.5. The van der Waals surface area contributed by atoms with Crippen LogP contribution in [-0.4, -0.2) is 0 Å². The molecule has 0 radical (unpaired) electrons. The molecule has 0 aliphatic heterocycles. The van der Waals surface area contributed by atoms with Crippen LogP contribution in [0.25, 0.3) is 0 Å². The molecule has 0 saturated heterocycles. The van der Waals surface area contributed by atoms with Crippen molar-refractivity contribution >= 4 is 22.7 Å². The SMILES string of the molecule is c1cc(CCCCCCCCc2ccsc2)cs1. The lowest BCUT2D eigenvalue weighted by Gasteiger charge is -2.01. The number of rotatable bonds is 9. The fourth-order valence-electron chi connectivity index (χ4n) is 2.24. The van der Waals surface area contributed by atoms with Crippen LogP contribution < -0.4 is 0 Å². The zero-order valence-electron chi connectivity index (χ0n) is 10.9. The molecule has 2 heteroatoms. The van der Waals surface area contributed by atoms with Crippen molar-refractivity contribution in [3.05, 3.63) is 44.8 Å². The van der Waals surface area contributed by atoms with E-state index in [1.165, 1.54) is 62.5 Å². The molecule has 0 aliphatic rings. The minimum absolute atomic E-state index is 1.28. The van der Waals surface area contributed by atoms with Gasteiger partial charge in [-0.1, -0.05) is 25.7 Å². The van der Waals surface area contributed by atoms with Crippen LogP contribution in [0.4, 0.5) is 0 Å². The van der Waals surface area contributed by atoms with Gasteiger partial charge in [0, 0.05) is 0 Å². The molecule has 2 rings (SSSR count). The van der Waals surface area contributed by atoms with Gasteiger partial charge in [-0.2, -0.15) is 22.7 Å². The highest BCUT2D eigenvalue weighted by atomic mass is 32.1. The van der Waals surface area contributed by atoms with Gasteiger partial charge in [0.1, 0.15) is 0 Å². The lowest BCUT2D eigenvalue weighted by atomic mass is 10.0. The summed E-state index contributed by atoms with van der Waals surface area (Å²) in [4.78, 5) is 0. The Morgan fingerprint density at radius 3 is 1.44 bits per heavy atom. The average Bonchev–Trinajstić information content (AvgIpc) is 3.05. The monoisotopic (exact) mass is 278 g/mol. The predicted molar refractivity (Wildman–Crippen MR) is 83.7 cm³/mol. The van der Waals surface area contributed by atoms with Crippen molar-refractivity contribution in [2.45, 2.75) is 51.4 Å². The van der Waals surface area contributed by atoms with Crippen LogP contribution in [0.2, 0.25) is 0 Å². The van der Waals surface area contributed by atoms with Crippen LogP contribution in [0.5, 0.6) is 0 Å². The van der Waals surface area contributed by atoms with Gasteiger partial charge >= 0.3 is 0 Å². The molecule has 0 unspecified atom stereocenters. The Hall–Kier alpha value is -0.600. The van der Waals surface area contributed by atoms with Gasteiger partial charge in [-0.25, -0.2) is 0 Å². The first-order chi connectivity index (χ1) is 8.95. The summed E-state index contributed by atoms with van der Waals surface area (Å²) >= 11 is 3.63. The first-order valence-corrected chi connectivity index (χ1v) is 8.86. The number of unbranched alkanes of at least 4 members (excludes halogenated alkanes) is 5. The summed E-state index contributed by atoms with van der Waals surface area (Å²) in [5.41, 5.74) is 3.05. The quantitative estimate of drug-likeness (QED) is 0.498. The fourth-order valence-corrected chi connectivity index (χ4v) is 3.64. The van der Waals surface area contributed by atoms with Gasteiger partial charge < -0.3 is 0 Å². The number of hydrogen-bond acceptors (Lipinski definition) is 2. The van der Waals surface area contributed by atoms with E-state index in [1.54, 1.807) is 0 Å². The lowest BCUT2D eigenvalue weighted by Crippen LogP contribution is -1.85. The third-order valence-electron chi connectivity index (χ3n) is 3.34. The number of hydrogen-bond donors (Lipinski definition) is 0. The second kappa shape index (κ2) is 8.49. The highest BCUT2D eigenvalue weighted by Gasteiger charge is 1.96. The maximum atomic E-state index is 2.28. The minimum Gasteiger partial charge on any atom is -0.152 e. The molecule has 2 aromatic rings. The van der Waals surface area contributed by atoms with E-state index in [0.29, 0.717) is 0 Å². The maximum absolute atomic E-state index is 2.28. The van der Waals surface area contributed by atoms with E-state index in [4.69, 9.17) is 0 Å². The van der Waals surface area contributed by atoms with Crippen LogP contribution in [0, 0.1) is 0 Å². The molecule has 2 aromatic heterocycles. The van der Waals surface area contributed by atoms with Gasteiger partial charge in [0.05, 0.1) is 0 Å². The van der Waals surface area contributed by atoms with Gasteiger partial charge in [-0.15, -0.1) is 0 Å². The Labute approximate surface area is 119 Å². The largest absolute Gasteiger partial charge is 0.152 e. The molecule has 0 N–H and O–H groups in total. The van der Waals surface area contributed by atoms with Gasteiger partial charge in [0.15, 0.2) is 0 Å². The van der Waals surface area contributed by atoms with Crippen LogP contribution >= 0.6 is 22.7 Å². The molecule has 18 heavy (non-hydrogen) atoms. The van der Waals surface area contributed by atoms with Crippen LogP contribution in [0.15, 0.2) is 33.7 Å². The second-order valence-electron chi connectivity index (χ2n) is 4.88. The molecular formula is C16H22S2. The second-order valence-corrected chi connectivity index (χ2v) is 6.44. The Morgan fingerprint density at radius 1 is 0.611 bits per heavy atom. The molecule has 0 spiro atoms. The first-order valence-electron chi connectivity index (χ1n) is 6.97. The Morgan fingerprint density at radius 2 is 1.06 bits per heavy atom. The van der Waals surface area contributed by atoms with Crippen molar-refractivity contribution in [3.63, 3.8) is 0 Å². The lowest BCUT2D eigenvalue weighted by molar-refractivity contribution is 0.594. The van der Waals surface area contributed by atoms with Gasteiger partial charge in [0.25, 0.3) is 0 Å². The van der Waals surface area contributed by atoms with E-state index >= 15 is 0 Å². The van der Waals surface area contributed by atoms with Gasteiger partial charge in [-0.3, -0.25) is 0 Å². The smallest absolute Gasteiger partial charge is 0.00613 e. The van der Waals surface area contributed by atoms with E-state index in [0.717, 1.165) is 0 Å². The molecule has 98 valence electrons. The first kappa shape index (κ1) is 13.8. The fraction of sp³-hybridized carbons (Fsp3) is 0.500. The highest BCUT2D eigenvalue weighted by molar-refractivity contribution is 7.08. The molecule has 0 atom stereocenters. The third kappa shape index (κ3) is 5.36. The van der Waals surface area contributed by atoms with E-state index in [1.807, 2.05) is 22.7 Å². The molecule has 0 nitrogen and oxygen atoms in total. The predicted octanol–water partition coefficient (Wildman–Crippen LogP) is 5.94. The van der Waals surface area contributed by atoms with Crippen molar-refractivity contribution < 1.29 is 0 Å². The minimum atomic E-state index is 1.28. The molecule has 0 aromatic carbocycles. The molecule has 0 bridgehead atoms. The topological polar surface area (TPSA) is 0 Å². The Balaban J connectivity index is 1.40. The summed E-state index contributed by atoms with van der Waals surface area (Å²) in [6.07, 6.45) is 10.9. The van der Waals surface area contributed by atoms with Crippen molar-refractivity contribution in [2.24, 2.45) is 0 Å². The van der Waals surface area contributed by atoms with Crippen molar-refractivity contribution in [3.8, 4) is 0 Å². The molecule has 0 saturated carbocycles. The number of aryl methyl sites for hydroxylation is 2. The number of thiophene rings is 2. The Kier molecular flexibility index (Phi) is 6.52. The average molecular weight is 278 g/mol. The molecule has 0 aliphatic carbocycles. The maximum Gasteiger partial charge on any atom is -0.00613 e. The van der Waals surface area contributed by atoms with Gasteiger partial charge in [0.2, 0.25) is 0 Å². The molecule has 2 heterocycles. The van der Waals surface area contributed by atoms with E-state index in [-0.39, 0.29) is 0 Å². The molecular weight excluding hydrogens is 256 g/mol. The van der Waals surface area contributed by atoms with E-state index in [9.17, 15) is 0 Å². The molecule has 0 amide bonds. The van der Waals surface area contributed by atoms with E-state index in [2.05, 4.69) is 33.7 Å². The summed E-state index contributed by atoms with van der Waals surface area (Å²) in [5.74, 6) is 0. The summed E-state index contributed by atoms with van der Waals surface area (Å²) in [5, 5.41) is 8.92. The van der Waals surface area contributed by atoms with Gasteiger partial charge in [-0.05, 0) is 70.5 Å². The van der Waals surface area contributed by atoms with Crippen molar-refractivity contribution in [1.82, 2.24) is 0 Å². The van der Waals surface area contributed by atoms with Crippen LogP contribution in [0.1, 0.15) is 49.7 Å². The summed E-state index contributed by atoms with van der Waals surface area (Å²) in [6.45, 7) is 0. The van der Waals surface area contributed by atoms with E-state index < -0.39 is 0 Å². The summed E-state index contributed by atoms with van der Waals surface area (Å²) in [6, 6.07) is 4.51. The van der Waals surface area contributed by atoms with Crippen molar-refractivity contribution in [1.29, 1.82) is 0 Å². The van der Waals surface area contributed by atoms with Crippen LogP contribution in [0.3, 0.4) is 0 Å².